The number of hydrogen-bond donors (Lipinski definition) is 1. The predicted octanol–water partition coefficient (Wildman–Crippen LogP) is 2.80. The molecule has 1 aliphatic rings. The largest absolute Gasteiger partial charge is 0.496 e. The van der Waals surface area contributed by atoms with E-state index in [1.54, 1.807) is 7.11 Å². The van der Waals surface area contributed by atoms with Crippen molar-refractivity contribution in [3.05, 3.63) is 29.3 Å². The fraction of sp³-hybridized carbons (Fsp3) is 0.600. The Morgan fingerprint density at radius 1 is 1.29 bits per heavy atom. The van der Waals surface area contributed by atoms with Gasteiger partial charge >= 0.3 is 0 Å². The quantitative estimate of drug-likeness (QED) is 0.863. The molecule has 2 heteroatoms. The molecule has 0 aliphatic carbocycles. The van der Waals surface area contributed by atoms with Crippen molar-refractivity contribution in [3.8, 4) is 5.75 Å². The Balaban J connectivity index is 2.11. The van der Waals surface area contributed by atoms with E-state index in [1.807, 2.05) is 0 Å². The fourth-order valence-electron chi connectivity index (χ4n) is 2.61. The summed E-state index contributed by atoms with van der Waals surface area (Å²) in [6.07, 6.45) is 4.85. The molecule has 1 N–H and O–H groups in total. The van der Waals surface area contributed by atoms with Crippen LogP contribution in [0.2, 0.25) is 0 Å². The molecule has 0 radical (unpaired) electrons. The average Bonchev–Trinajstić information content (AvgIpc) is 2.40. The SMILES string of the molecule is CCc1ccc(OC)c(CC2CCNCC2)c1. The zero-order chi connectivity index (χ0) is 12.1. The summed E-state index contributed by atoms with van der Waals surface area (Å²) >= 11 is 0. The van der Waals surface area contributed by atoms with Gasteiger partial charge < -0.3 is 10.1 Å². The molecule has 2 rings (SSSR count). The number of piperidine rings is 1. The second kappa shape index (κ2) is 6.06. The maximum absolute atomic E-state index is 5.47. The highest BCUT2D eigenvalue weighted by atomic mass is 16.5. The van der Waals surface area contributed by atoms with Crippen LogP contribution in [0.3, 0.4) is 0 Å². The van der Waals surface area contributed by atoms with Crippen LogP contribution in [0.4, 0.5) is 0 Å². The van der Waals surface area contributed by atoms with Crippen molar-refractivity contribution in [3.63, 3.8) is 0 Å². The molecule has 1 aromatic carbocycles. The molecule has 0 atom stereocenters. The summed E-state index contributed by atoms with van der Waals surface area (Å²) in [7, 11) is 1.77. The predicted molar refractivity (Wildman–Crippen MR) is 71.7 cm³/mol. The van der Waals surface area contributed by atoms with Gasteiger partial charge in [0.25, 0.3) is 0 Å². The Morgan fingerprint density at radius 3 is 2.71 bits per heavy atom. The number of hydrogen-bond acceptors (Lipinski definition) is 2. The highest BCUT2D eigenvalue weighted by Crippen LogP contribution is 2.26. The maximum atomic E-state index is 5.47. The Kier molecular flexibility index (Phi) is 4.43. The van der Waals surface area contributed by atoms with Gasteiger partial charge in [0.2, 0.25) is 0 Å². The van der Waals surface area contributed by atoms with Crippen LogP contribution >= 0.6 is 0 Å². The number of aryl methyl sites for hydroxylation is 1. The van der Waals surface area contributed by atoms with Gasteiger partial charge in [-0.15, -0.1) is 0 Å². The number of ether oxygens (including phenoxy) is 1. The normalized spacial score (nSPS) is 17.1. The standard InChI is InChI=1S/C15H23NO/c1-3-12-4-5-15(17-2)14(10-12)11-13-6-8-16-9-7-13/h4-5,10,13,16H,3,6-9,11H2,1-2H3. The molecule has 1 aliphatic heterocycles. The Morgan fingerprint density at radius 2 is 2.06 bits per heavy atom. The molecule has 0 amide bonds. The molecule has 0 spiro atoms. The van der Waals surface area contributed by atoms with Crippen molar-refractivity contribution < 1.29 is 4.74 Å². The lowest BCUT2D eigenvalue weighted by Crippen LogP contribution is -2.28. The van der Waals surface area contributed by atoms with Crippen molar-refractivity contribution in [2.24, 2.45) is 5.92 Å². The summed E-state index contributed by atoms with van der Waals surface area (Å²) in [4.78, 5) is 0. The molecule has 17 heavy (non-hydrogen) atoms. The van der Waals surface area contributed by atoms with Crippen LogP contribution in [-0.4, -0.2) is 20.2 Å². The van der Waals surface area contributed by atoms with E-state index in [-0.39, 0.29) is 0 Å². The number of nitrogens with one attached hydrogen (secondary N) is 1. The second-order valence-electron chi connectivity index (χ2n) is 4.90. The molecule has 0 saturated carbocycles. The minimum atomic E-state index is 0.817. The molecule has 1 heterocycles. The summed E-state index contributed by atoms with van der Waals surface area (Å²) in [5.74, 6) is 1.87. The first kappa shape index (κ1) is 12.4. The zero-order valence-corrected chi connectivity index (χ0v) is 11.0. The molecule has 1 fully saturated rings. The Hall–Kier alpha value is -1.02. The van der Waals surface area contributed by atoms with E-state index in [1.165, 1.54) is 43.5 Å². The number of rotatable bonds is 4. The van der Waals surface area contributed by atoms with Gasteiger partial charge in [-0.1, -0.05) is 19.1 Å². The first-order valence-corrected chi connectivity index (χ1v) is 6.70. The molecule has 1 saturated heterocycles. The summed E-state index contributed by atoms with van der Waals surface area (Å²) in [5.41, 5.74) is 2.80. The van der Waals surface area contributed by atoms with E-state index < -0.39 is 0 Å². The molecule has 2 nitrogen and oxygen atoms in total. The minimum Gasteiger partial charge on any atom is -0.496 e. The first-order chi connectivity index (χ1) is 8.33. The van der Waals surface area contributed by atoms with Crippen molar-refractivity contribution in [2.75, 3.05) is 20.2 Å². The number of methoxy groups -OCH3 is 1. The molecule has 0 bridgehead atoms. The van der Waals surface area contributed by atoms with Crippen molar-refractivity contribution >= 4 is 0 Å². The lowest BCUT2D eigenvalue weighted by atomic mass is 9.90. The second-order valence-corrected chi connectivity index (χ2v) is 4.90. The highest BCUT2D eigenvalue weighted by Gasteiger charge is 2.15. The van der Waals surface area contributed by atoms with Crippen LogP contribution in [0.25, 0.3) is 0 Å². The Labute approximate surface area is 104 Å². The van der Waals surface area contributed by atoms with Gasteiger partial charge in [-0.05, 0) is 61.9 Å². The molecular weight excluding hydrogens is 210 g/mol. The third-order valence-electron chi connectivity index (χ3n) is 3.72. The molecule has 0 unspecified atom stereocenters. The van der Waals surface area contributed by atoms with E-state index in [9.17, 15) is 0 Å². The van der Waals surface area contributed by atoms with Crippen LogP contribution in [0.1, 0.15) is 30.9 Å². The van der Waals surface area contributed by atoms with Crippen molar-refractivity contribution in [1.82, 2.24) is 5.32 Å². The summed E-state index contributed by atoms with van der Waals surface area (Å²) < 4.78 is 5.47. The topological polar surface area (TPSA) is 21.3 Å². The van der Waals surface area contributed by atoms with Gasteiger partial charge in [0.1, 0.15) is 5.75 Å². The zero-order valence-electron chi connectivity index (χ0n) is 11.0. The molecule has 0 aromatic heterocycles. The maximum Gasteiger partial charge on any atom is 0.122 e. The van der Waals surface area contributed by atoms with E-state index in [0.717, 1.165) is 18.1 Å². The minimum absolute atomic E-state index is 0.817. The van der Waals surface area contributed by atoms with E-state index in [2.05, 4.69) is 30.4 Å². The van der Waals surface area contributed by atoms with E-state index in [0.29, 0.717) is 0 Å². The van der Waals surface area contributed by atoms with Gasteiger partial charge in [0.05, 0.1) is 7.11 Å². The van der Waals surface area contributed by atoms with Crippen LogP contribution in [0.15, 0.2) is 18.2 Å². The lowest BCUT2D eigenvalue weighted by Gasteiger charge is -2.23. The van der Waals surface area contributed by atoms with Gasteiger partial charge in [-0.2, -0.15) is 0 Å². The third kappa shape index (κ3) is 3.22. The van der Waals surface area contributed by atoms with Crippen LogP contribution in [-0.2, 0) is 12.8 Å². The molecule has 1 aromatic rings. The highest BCUT2D eigenvalue weighted by molar-refractivity contribution is 5.37. The third-order valence-corrected chi connectivity index (χ3v) is 3.72. The van der Waals surface area contributed by atoms with Crippen LogP contribution in [0, 0.1) is 5.92 Å². The van der Waals surface area contributed by atoms with E-state index >= 15 is 0 Å². The fourth-order valence-corrected chi connectivity index (χ4v) is 2.61. The first-order valence-electron chi connectivity index (χ1n) is 6.70. The Bertz CT molecular complexity index is 356. The van der Waals surface area contributed by atoms with Crippen LogP contribution < -0.4 is 10.1 Å². The molecule has 94 valence electrons. The van der Waals surface area contributed by atoms with Gasteiger partial charge in [0.15, 0.2) is 0 Å². The molecular formula is C15H23NO. The summed E-state index contributed by atoms with van der Waals surface area (Å²) in [6, 6.07) is 6.61. The smallest absolute Gasteiger partial charge is 0.122 e. The van der Waals surface area contributed by atoms with Gasteiger partial charge in [-0.25, -0.2) is 0 Å². The van der Waals surface area contributed by atoms with Gasteiger partial charge in [0, 0.05) is 0 Å². The summed E-state index contributed by atoms with van der Waals surface area (Å²) in [6.45, 7) is 4.54. The number of benzene rings is 1. The van der Waals surface area contributed by atoms with Crippen molar-refractivity contribution in [1.29, 1.82) is 0 Å². The van der Waals surface area contributed by atoms with E-state index in [4.69, 9.17) is 4.74 Å². The summed E-state index contributed by atoms with van der Waals surface area (Å²) in [5, 5.41) is 3.42. The lowest BCUT2D eigenvalue weighted by molar-refractivity contribution is 0.361. The average molecular weight is 233 g/mol. The monoisotopic (exact) mass is 233 g/mol. The van der Waals surface area contributed by atoms with Gasteiger partial charge in [-0.3, -0.25) is 0 Å². The van der Waals surface area contributed by atoms with Crippen LogP contribution in [0.5, 0.6) is 5.75 Å². The van der Waals surface area contributed by atoms with Crippen molar-refractivity contribution in [2.45, 2.75) is 32.6 Å².